The highest BCUT2D eigenvalue weighted by Gasteiger charge is 2.25. The van der Waals surface area contributed by atoms with Crippen molar-refractivity contribution in [3.05, 3.63) is 26.7 Å². The number of rotatable bonds is 0. The minimum absolute atomic E-state index is 0.151. The van der Waals surface area contributed by atoms with E-state index in [1.807, 2.05) is 0 Å². The van der Waals surface area contributed by atoms with Gasteiger partial charge in [-0.1, -0.05) is 34.8 Å². The van der Waals surface area contributed by atoms with E-state index in [-0.39, 0.29) is 6.04 Å². The van der Waals surface area contributed by atoms with Crippen LogP contribution in [0.25, 0.3) is 0 Å². The van der Waals surface area contributed by atoms with E-state index >= 15 is 0 Å². The maximum absolute atomic E-state index is 6.03. The van der Waals surface area contributed by atoms with Crippen molar-refractivity contribution in [3.63, 3.8) is 0 Å². The van der Waals surface area contributed by atoms with E-state index in [9.17, 15) is 0 Å². The lowest BCUT2D eigenvalue weighted by Gasteiger charge is -2.25. The first-order valence-corrected chi connectivity index (χ1v) is 5.30. The van der Waals surface area contributed by atoms with Crippen molar-refractivity contribution in [1.82, 2.24) is 0 Å². The minimum Gasteiger partial charge on any atom is -0.492 e. The Balaban J connectivity index is 2.67. The molecular weight excluding hydrogens is 244 g/mol. The Hall–Kier alpha value is -0.150. The van der Waals surface area contributed by atoms with Gasteiger partial charge in [0.25, 0.3) is 0 Å². The molecule has 1 unspecified atom stereocenters. The zero-order valence-electron chi connectivity index (χ0n) is 7.19. The predicted molar refractivity (Wildman–Crippen MR) is 58.5 cm³/mol. The van der Waals surface area contributed by atoms with Crippen molar-refractivity contribution in [3.8, 4) is 5.75 Å². The number of nitrogens with two attached hydrogens (primary N) is 1. The number of fused-ring (bicyclic) bond motifs is 1. The zero-order valence-corrected chi connectivity index (χ0v) is 9.46. The van der Waals surface area contributed by atoms with Crippen molar-refractivity contribution in [1.29, 1.82) is 0 Å². The van der Waals surface area contributed by atoms with E-state index in [0.717, 1.165) is 12.0 Å². The number of ether oxygens (including phenoxy) is 1. The molecule has 14 heavy (non-hydrogen) atoms. The monoisotopic (exact) mass is 251 g/mol. The summed E-state index contributed by atoms with van der Waals surface area (Å²) in [6.45, 7) is 0.561. The maximum Gasteiger partial charge on any atom is 0.144 e. The van der Waals surface area contributed by atoms with Crippen LogP contribution < -0.4 is 10.5 Å². The average Bonchev–Trinajstić information content (AvgIpc) is 2.14. The zero-order chi connectivity index (χ0) is 10.3. The SMILES string of the molecule is NC1CCOc2c(Cl)cc(Cl)c(Cl)c21. The fourth-order valence-corrected chi connectivity index (χ4v) is 2.32. The molecule has 76 valence electrons. The second-order valence-corrected chi connectivity index (χ2v) is 4.33. The predicted octanol–water partition coefficient (Wildman–Crippen LogP) is 3.43. The van der Waals surface area contributed by atoms with Crippen molar-refractivity contribution in [2.45, 2.75) is 12.5 Å². The number of benzene rings is 1. The van der Waals surface area contributed by atoms with Crippen LogP contribution in [0.15, 0.2) is 6.07 Å². The van der Waals surface area contributed by atoms with Gasteiger partial charge in [0.05, 0.1) is 21.7 Å². The molecule has 5 heteroatoms. The van der Waals surface area contributed by atoms with Crippen molar-refractivity contribution >= 4 is 34.8 Å². The highest BCUT2D eigenvalue weighted by molar-refractivity contribution is 6.44. The molecule has 0 radical (unpaired) electrons. The van der Waals surface area contributed by atoms with Gasteiger partial charge in [-0.15, -0.1) is 0 Å². The normalized spacial score (nSPS) is 20.1. The third kappa shape index (κ3) is 1.57. The first-order chi connectivity index (χ1) is 6.61. The van der Waals surface area contributed by atoms with Crippen LogP contribution in [0.2, 0.25) is 15.1 Å². The molecule has 0 saturated heterocycles. The van der Waals surface area contributed by atoms with E-state index < -0.39 is 0 Å². The van der Waals surface area contributed by atoms with Crippen molar-refractivity contribution in [2.24, 2.45) is 5.73 Å². The third-order valence-electron chi connectivity index (χ3n) is 2.21. The van der Waals surface area contributed by atoms with Gasteiger partial charge in [-0.3, -0.25) is 0 Å². The average molecular weight is 253 g/mol. The molecule has 1 heterocycles. The fraction of sp³-hybridized carbons (Fsp3) is 0.333. The quantitative estimate of drug-likeness (QED) is 0.718. The van der Waals surface area contributed by atoms with E-state index in [1.54, 1.807) is 6.07 Å². The minimum atomic E-state index is -0.151. The number of hydrogen-bond acceptors (Lipinski definition) is 2. The largest absolute Gasteiger partial charge is 0.492 e. The summed E-state index contributed by atoms with van der Waals surface area (Å²) >= 11 is 17.9. The van der Waals surface area contributed by atoms with Crippen molar-refractivity contribution in [2.75, 3.05) is 6.61 Å². The van der Waals surface area contributed by atoms with E-state index in [1.165, 1.54) is 0 Å². The number of halogens is 3. The van der Waals surface area contributed by atoms with Crippen LogP contribution >= 0.6 is 34.8 Å². The molecule has 1 atom stereocenters. The highest BCUT2D eigenvalue weighted by Crippen LogP contribution is 2.44. The van der Waals surface area contributed by atoms with Crippen LogP contribution in [-0.2, 0) is 0 Å². The van der Waals surface area contributed by atoms with Crippen LogP contribution in [0.5, 0.6) is 5.75 Å². The van der Waals surface area contributed by atoms with Crippen LogP contribution in [0.1, 0.15) is 18.0 Å². The van der Waals surface area contributed by atoms with E-state index in [4.69, 9.17) is 45.3 Å². The summed E-state index contributed by atoms with van der Waals surface area (Å²) in [5.41, 5.74) is 6.62. The van der Waals surface area contributed by atoms with Crippen LogP contribution in [0.4, 0.5) is 0 Å². The first-order valence-electron chi connectivity index (χ1n) is 4.17. The second kappa shape index (κ2) is 3.78. The fourth-order valence-electron chi connectivity index (χ4n) is 1.51. The molecule has 0 amide bonds. The summed E-state index contributed by atoms with van der Waals surface area (Å²) in [4.78, 5) is 0. The molecule has 0 aromatic heterocycles. The van der Waals surface area contributed by atoms with Crippen molar-refractivity contribution < 1.29 is 4.74 Å². The van der Waals surface area contributed by atoms with Gasteiger partial charge in [0.1, 0.15) is 5.75 Å². The lowest BCUT2D eigenvalue weighted by Crippen LogP contribution is -2.21. The smallest absolute Gasteiger partial charge is 0.144 e. The molecule has 0 fully saturated rings. The van der Waals surface area contributed by atoms with Gasteiger partial charge in [0.2, 0.25) is 0 Å². The Morgan fingerprint density at radius 2 is 2.00 bits per heavy atom. The molecule has 2 rings (SSSR count). The summed E-state index contributed by atoms with van der Waals surface area (Å²) in [7, 11) is 0. The Morgan fingerprint density at radius 3 is 2.71 bits per heavy atom. The molecule has 0 spiro atoms. The molecule has 1 aromatic carbocycles. The Morgan fingerprint density at radius 1 is 1.29 bits per heavy atom. The molecule has 2 nitrogen and oxygen atoms in total. The highest BCUT2D eigenvalue weighted by atomic mass is 35.5. The Kier molecular flexibility index (Phi) is 2.80. The standard InChI is InChI=1S/C9H8Cl3NO/c10-4-3-5(11)9-7(8(4)12)6(13)1-2-14-9/h3,6H,1-2,13H2. The van der Waals surface area contributed by atoms with E-state index in [0.29, 0.717) is 27.4 Å². The van der Waals surface area contributed by atoms with Gasteiger partial charge in [0.15, 0.2) is 0 Å². The maximum atomic E-state index is 6.03. The van der Waals surface area contributed by atoms with Gasteiger partial charge < -0.3 is 10.5 Å². The molecule has 0 bridgehead atoms. The summed E-state index contributed by atoms with van der Waals surface area (Å²) in [6.07, 6.45) is 0.726. The lowest BCUT2D eigenvalue weighted by molar-refractivity contribution is 0.269. The summed E-state index contributed by atoms with van der Waals surface area (Å²) in [6, 6.07) is 1.42. The van der Waals surface area contributed by atoms with Gasteiger partial charge in [-0.2, -0.15) is 0 Å². The molecule has 1 aliphatic rings. The van der Waals surface area contributed by atoms with Gasteiger partial charge in [-0.25, -0.2) is 0 Å². The Labute approximate surface area is 96.9 Å². The van der Waals surface area contributed by atoms with Gasteiger partial charge in [0, 0.05) is 18.0 Å². The topological polar surface area (TPSA) is 35.2 Å². The second-order valence-electron chi connectivity index (χ2n) is 3.14. The third-order valence-corrected chi connectivity index (χ3v) is 3.29. The molecule has 0 saturated carbocycles. The molecule has 2 N–H and O–H groups in total. The van der Waals surface area contributed by atoms with Crippen LogP contribution in [-0.4, -0.2) is 6.61 Å². The van der Waals surface area contributed by atoms with Gasteiger partial charge in [-0.05, 0) is 6.07 Å². The molecule has 1 aromatic rings. The van der Waals surface area contributed by atoms with Gasteiger partial charge >= 0.3 is 0 Å². The van der Waals surface area contributed by atoms with E-state index in [2.05, 4.69) is 0 Å². The molecule has 0 aliphatic carbocycles. The summed E-state index contributed by atoms with van der Waals surface area (Å²) in [5.74, 6) is 0.569. The Bertz CT molecular complexity index is 381. The van der Waals surface area contributed by atoms with Crippen LogP contribution in [0.3, 0.4) is 0 Å². The summed E-state index contributed by atoms with van der Waals surface area (Å²) in [5, 5.41) is 1.32. The first kappa shape index (κ1) is 10.4. The molecular formula is C9H8Cl3NO. The summed E-state index contributed by atoms with van der Waals surface area (Å²) < 4.78 is 5.41. The molecule has 1 aliphatic heterocycles. The van der Waals surface area contributed by atoms with Crippen LogP contribution in [0, 0.1) is 0 Å². The number of hydrogen-bond donors (Lipinski definition) is 1. The lowest BCUT2D eigenvalue weighted by atomic mass is 10.0.